The van der Waals surface area contributed by atoms with Gasteiger partial charge in [-0.1, -0.05) is 38.1 Å². The van der Waals surface area contributed by atoms with Crippen molar-refractivity contribution in [3.8, 4) is 0 Å². The largest absolute Gasteiger partial charge is 0.356 e. The maximum Gasteiger partial charge on any atom is 0.191 e. The number of aliphatic imine (C=N–C) groups is 1. The number of rotatable bonds is 4. The molecule has 0 aliphatic rings. The van der Waals surface area contributed by atoms with E-state index >= 15 is 0 Å². The smallest absolute Gasteiger partial charge is 0.191 e. The minimum Gasteiger partial charge on any atom is -0.356 e. The molecule has 20 heavy (non-hydrogen) atoms. The number of halogens is 1. The fraction of sp³-hybridized carbons (Fsp3) is 0.562. The van der Waals surface area contributed by atoms with Crippen LogP contribution in [0.3, 0.4) is 0 Å². The van der Waals surface area contributed by atoms with Crippen LogP contribution in [0, 0.1) is 6.92 Å². The maximum absolute atomic E-state index is 4.24. The second-order valence-corrected chi connectivity index (χ2v) is 5.92. The van der Waals surface area contributed by atoms with Gasteiger partial charge in [0.15, 0.2) is 5.96 Å². The van der Waals surface area contributed by atoms with Gasteiger partial charge in [0.05, 0.1) is 0 Å². The molecule has 0 aliphatic carbocycles. The van der Waals surface area contributed by atoms with Crippen molar-refractivity contribution >= 4 is 29.9 Å². The van der Waals surface area contributed by atoms with Gasteiger partial charge in [0.25, 0.3) is 0 Å². The van der Waals surface area contributed by atoms with Crippen LogP contribution in [-0.2, 0) is 5.41 Å². The third-order valence-electron chi connectivity index (χ3n) is 3.22. The summed E-state index contributed by atoms with van der Waals surface area (Å²) in [4.78, 5) is 4.24. The van der Waals surface area contributed by atoms with Crippen molar-refractivity contribution in [2.24, 2.45) is 4.99 Å². The van der Waals surface area contributed by atoms with Crippen LogP contribution in [0.1, 0.15) is 38.8 Å². The fourth-order valence-electron chi connectivity index (χ4n) is 2.20. The summed E-state index contributed by atoms with van der Waals surface area (Å²) in [6.07, 6.45) is 0. The Morgan fingerprint density at radius 1 is 1.25 bits per heavy atom. The Morgan fingerprint density at radius 3 is 2.35 bits per heavy atom. The highest BCUT2D eigenvalue weighted by Gasteiger charge is 2.22. The summed E-state index contributed by atoms with van der Waals surface area (Å²) in [7, 11) is 1.80. The molecule has 0 aromatic heterocycles. The Hall–Kier alpha value is -0.780. The number of benzene rings is 1. The molecule has 0 spiro atoms. The molecule has 0 radical (unpaired) electrons. The minimum absolute atomic E-state index is 0. The van der Waals surface area contributed by atoms with Crippen LogP contribution in [0.25, 0.3) is 0 Å². The Kier molecular flexibility index (Phi) is 8.16. The predicted molar refractivity (Wildman–Crippen MR) is 99.3 cm³/mol. The first kappa shape index (κ1) is 19.2. The van der Waals surface area contributed by atoms with Crippen LogP contribution in [0.15, 0.2) is 29.3 Å². The highest BCUT2D eigenvalue weighted by atomic mass is 127. The van der Waals surface area contributed by atoms with E-state index in [4.69, 9.17) is 0 Å². The van der Waals surface area contributed by atoms with Gasteiger partial charge in [-0.3, -0.25) is 4.99 Å². The third kappa shape index (κ3) is 5.69. The number of hydrogen-bond acceptors (Lipinski definition) is 1. The average molecular weight is 389 g/mol. The molecule has 0 heterocycles. The number of nitrogens with zero attached hydrogens (tertiary/aromatic N) is 1. The van der Waals surface area contributed by atoms with Gasteiger partial charge in [0, 0.05) is 25.0 Å². The van der Waals surface area contributed by atoms with E-state index in [1.165, 1.54) is 11.1 Å². The summed E-state index contributed by atoms with van der Waals surface area (Å²) < 4.78 is 0. The van der Waals surface area contributed by atoms with E-state index in [1.807, 2.05) is 0 Å². The third-order valence-corrected chi connectivity index (χ3v) is 3.22. The second-order valence-electron chi connectivity index (χ2n) is 5.92. The molecule has 0 fully saturated rings. The van der Waals surface area contributed by atoms with Crippen molar-refractivity contribution in [2.45, 2.75) is 46.1 Å². The molecule has 0 saturated carbocycles. The molecule has 2 N–H and O–H groups in total. The first-order valence-corrected chi connectivity index (χ1v) is 6.90. The molecule has 3 nitrogen and oxygen atoms in total. The van der Waals surface area contributed by atoms with E-state index < -0.39 is 0 Å². The molecule has 114 valence electrons. The van der Waals surface area contributed by atoms with Gasteiger partial charge < -0.3 is 10.6 Å². The van der Waals surface area contributed by atoms with Crippen LogP contribution < -0.4 is 10.6 Å². The van der Waals surface area contributed by atoms with Crippen LogP contribution >= 0.6 is 24.0 Å². The molecule has 0 aliphatic heterocycles. The highest BCUT2D eigenvalue weighted by molar-refractivity contribution is 14.0. The fourth-order valence-corrected chi connectivity index (χ4v) is 2.20. The van der Waals surface area contributed by atoms with Crippen molar-refractivity contribution in [3.05, 3.63) is 35.4 Å². The predicted octanol–water partition coefficient (Wildman–Crippen LogP) is 3.46. The lowest BCUT2D eigenvalue weighted by Crippen LogP contribution is -2.45. The number of hydrogen-bond donors (Lipinski definition) is 2. The van der Waals surface area contributed by atoms with Gasteiger partial charge in [-0.15, -0.1) is 24.0 Å². The average Bonchev–Trinajstić information content (AvgIpc) is 2.34. The van der Waals surface area contributed by atoms with Gasteiger partial charge in [-0.2, -0.15) is 0 Å². The number of aryl methyl sites for hydroxylation is 1. The molecule has 0 atom stereocenters. The van der Waals surface area contributed by atoms with Gasteiger partial charge >= 0.3 is 0 Å². The first-order valence-electron chi connectivity index (χ1n) is 6.90. The molecule has 0 unspecified atom stereocenters. The lowest BCUT2D eigenvalue weighted by molar-refractivity contribution is 0.504. The van der Waals surface area contributed by atoms with Crippen LogP contribution in [-0.4, -0.2) is 25.6 Å². The van der Waals surface area contributed by atoms with Crippen molar-refractivity contribution in [1.29, 1.82) is 0 Å². The standard InChI is InChI=1S/C16H27N3.HI/c1-12(2)19-15(17-6)18-11-16(4,5)14-10-8-7-9-13(14)3;/h7-10,12H,11H2,1-6H3,(H2,17,18,19);1H. The number of guanidine groups is 1. The Balaban J connectivity index is 0.00000361. The lowest BCUT2D eigenvalue weighted by Gasteiger charge is -2.28. The SMILES string of the molecule is CN=C(NCC(C)(C)c1ccccc1C)NC(C)C.I. The second kappa shape index (κ2) is 8.49. The van der Waals surface area contributed by atoms with E-state index in [-0.39, 0.29) is 29.4 Å². The minimum atomic E-state index is 0. The Labute approximate surface area is 140 Å². The quantitative estimate of drug-likeness (QED) is 0.470. The summed E-state index contributed by atoms with van der Waals surface area (Å²) in [6.45, 7) is 11.7. The van der Waals surface area contributed by atoms with E-state index in [1.54, 1.807) is 7.05 Å². The van der Waals surface area contributed by atoms with Crippen molar-refractivity contribution in [1.82, 2.24) is 10.6 Å². The zero-order valence-electron chi connectivity index (χ0n) is 13.4. The van der Waals surface area contributed by atoms with Crippen molar-refractivity contribution < 1.29 is 0 Å². The molecule has 1 aromatic rings. The molecule has 4 heteroatoms. The van der Waals surface area contributed by atoms with Crippen molar-refractivity contribution in [3.63, 3.8) is 0 Å². The topological polar surface area (TPSA) is 36.4 Å². The summed E-state index contributed by atoms with van der Waals surface area (Å²) in [5.74, 6) is 0.858. The van der Waals surface area contributed by atoms with Gasteiger partial charge in [-0.25, -0.2) is 0 Å². The maximum atomic E-state index is 4.24. The van der Waals surface area contributed by atoms with Crippen LogP contribution in [0.4, 0.5) is 0 Å². The van der Waals surface area contributed by atoms with Gasteiger partial charge in [0.2, 0.25) is 0 Å². The van der Waals surface area contributed by atoms with Crippen molar-refractivity contribution in [2.75, 3.05) is 13.6 Å². The van der Waals surface area contributed by atoms with Crippen LogP contribution in [0.5, 0.6) is 0 Å². The summed E-state index contributed by atoms with van der Waals surface area (Å²) in [5.41, 5.74) is 2.78. The molecular formula is C16H28IN3. The molecular weight excluding hydrogens is 361 g/mol. The normalized spacial score (nSPS) is 12.1. The van der Waals surface area contributed by atoms with Crippen LogP contribution in [0.2, 0.25) is 0 Å². The summed E-state index contributed by atoms with van der Waals surface area (Å²) >= 11 is 0. The summed E-state index contributed by atoms with van der Waals surface area (Å²) in [6, 6.07) is 8.94. The zero-order chi connectivity index (χ0) is 14.5. The number of nitrogens with one attached hydrogen (secondary N) is 2. The molecule has 1 rings (SSSR count). The van der Waals surface area contributed by atoms with Gasteiger partial charge in [0.1, 0.15) is 0 Å². The van der Waals surface area contributed by atoms with E-state index in [2.05, 4.69) is 74.5 Å². The first-order chi connectivity index (χ1) is 8.86. The molecule has 0 bridgehead atoms. The van der Waals surface area contributed by atoms with E-state index in [9.17, 15) is 0 Å². The lowest BCUT2D eigenvalue weighted by atomic mass is 9.82. The van der Waals surface area contributed by atoms with E-state index in [0.717, 1.165) is 12.5 Å². The molecule has 0 saturated heterocycles. The van der Waals surface area contributed by atoms with Gasteiger partial charge in [-0.05, 0) is 31.9 Å². The summed E-state index contributed by atoms with van der Waals surface area (Å²) in [5, 5.41) is 6.71. The monoisotopic (exact) mass is 389 g/mol. The molecule has 0 amide bonds. The Bertz CT molecular complexity index is 439. The zero-order valence-corrected chi connectivity index (χ0v) is 15.8. The molecule has 1 aromatic carbocycles. The van der Waals surface area contributed by atoms with E-state index in [0.29, 0.717) is 6.04 Å². The highest BCUT2D eigenvalue weighted by Crippen LogP contribution is 2.25. The Morgan fingerprint density at radius 2 is 1.85 bits per heavy atom.